The van der Waals surface area contributed by atoms with Gasteiger partial charge in [0.1, 0.15) is 17.8 Å². The number of carbonyl (C=O) groups excluding carboxylic acids is 1. The SMILES string of the molecule is C[N@+]12CCCC[C@@H]1[C@H](COC(=O)c1cc3ccccc3oc1=O)CCC2. The van der Waals surface area contributed by atoms with E-state index in [1.807, 2.05) is 12.1 Å². The Kier molecular flexibility index (Phi) is 4.57. The number of carbonyl (C=O) groups is 1. The first-order valence-electron chi connectivity index (χ1n) is 9.61. The van der Waals surface area contributed by atoms with Gasteiger partial charge >= 0.3 is 11.6 Å². The highest BCUT2D eigenvalue weighted by molar-refractivity contribution is 5.92. The van der Waals surface area contributed by atoms with Gasteiger partial charge in [-0.3, -0.25) is 0 Å². The molecular weight excluding hydrogens is 330 g/mol. The molecule has 138 valence electrons. The minimum atomic E-state index is -0.629. The summed E-state index contributed by atoms with van der Waals surface area (Å²) in [7, 11) is 2.34. The van der Waals surface area contributed by atoms with Gasteiger partial charge in [-0.1, -0.05) is 18.2 Å². The van der Waals surface area contributed by atoms with Gasteiger partial charge in [0.05, 0.1) is 26.2 Å². The number of quaternary nitrogens is 1. The van der Waals surface area contributed by atoms with E-state index in [0.717, 1.165) is 16.3 Å². The van der Waals surface area contributed by atoms with E-state index < -0.39 is 11.6 Å². The standard InChI is InChI=1S/C21H26NO4/c1-22-11-5-4-9-18(22)16(8-6-12-22)14-25-20(23)17-13-15-7-2-3-10-19(15)26-21(17)24/h2-3,7,10,13,16,18H,4-6,8-9,11-12,14H2,1H3/q+1/t16-,18+,22+/m0/s1. The predicted molar refractivity (Wildman–Crippen MR) is 99.0 cm³/mol. The van der Waals surface area contributed by atoms with Crippen LogP contribution in [0.25, 0.3) is 11.0 Å². The second-order valence-electron chi connectivity index (χ2n) is 7.98. The zero-order valence-electron chi connectivity index (χ0n) is 15.3. The summed E-state index contributed by atoms with van der Waals surface area (Å²) in [5.74, 6) is -0.189. The summed E-state index contributed by atoms with van der Waals surface area (Å²) < 4.78 is 11.9. The molecule has 5 nitrogen and oxygen atoms in total. The number of fused-ring (bicyclic) bond motifs is 2. The van der Waals surface area contributed by atoms with Crippen LogP contribution in [0.1, 0.15) is 42.5 Å². The quantitative estimate of drug-likeness (QED) is 0.481. The van der Waals surface area contributed by atoms with Gasteiger partial charge in [-0.25, -0.2) is 9.59 Å². The first-order valence-corrected chi connectivity index (χ1v) is 9.61. The van der Waals surface area contributed by atoms with Crippen molar-refractivity contribution >= 4 is 16.9 Å². The Balaban J connectivity index is 1.48. The summed E-state index contributed by atoms with van der Waals surface area (Å²) >= 11 is 0. The fourth-order valence-corrected chi connectivity index (χ4v) is 4.89. The average molecular weight is 356 g/mol. The lowest BCUT2D eigenvalue weighted by molar-refractivity contribution is -0.947. The minimum Gasteiger partial charge on any atom is -0.461 e. The van der Waals surface area contributed by atoms with Crippen molar-refractivity contribution in [3.63, 3.8) is 0 Å². The zero-order valence-corrected chi connectivity index (χ0v) is 15.3. The largest absolute Gasteiger partial charge is 0.461 e. The third-order valence-electron chi connectivity index (χ3n) is 6.30. The highest BCUT2D eigenvalue weighted by Crippen LogP contribution is 2.36. The molecule has 1 aromatic heterocycles. The number of benzene rings is 1. The lowest BCUT2D eigenvalue weighted by Gasteiger charge is -2.51. The second kappa shape index (κ2) is 6.88. The van der Waals surface area contributed by atoms with Crippen molar-refractivity contribution in [3.8, 4) is 0 Å². The van der Waals surface area contributed by atoms with Crippen molar-refractivity contribution in [2.24, 2.45) is 5.92 Å². The van der Waals surface area contributed by atoms with Crippen molar-refractivity contribution in [2.45, 2.75) is 38.1 Å². The second-order valence-corrected chi connectivity index (χ2v) is 7.98. The molecular formula is C21H26NO4+. The van der Waals surface area contributed by atoms with Gasteiger partial charge in [0.15, 0.2) is 0 Å². The molecule has 0 radical (unpaired) electrons. The van der Waals surface area contributed by atoms with Crippen molar-refractivity contribution < 1.29 is 18.4 Å². The monoisotopic (exact) mass is 356 g/mol. The Hall–Kier alpha value is -2.14. The summed E-state index contributed by atoms with van der Waals surface area (Å²) in [6.45, 7) is 2.84. The lowest BCUT2D eigenvalue weighted by Crippen LogP contribution is -2.61. The van der Waals surface area contributed by atoms with Crippen LogP contribution in [-0.4, -0.2) is 43.2 Å². The van der Waals surface area contributed by atoms with Gasteiger partial charge in [0, 0.05) is 17.7 Å². The number of rotatable bonds is 3. The maximum absolute atomic E-state index is 12.5. The van der Waals surface area contributed by atoms with Crippen LogP contribution in [0.5, 0.6) is 0 Å². The van der Waals surface area contributed by atoms with Crippen molar-refractivity contribution in [1.29, 1.82) is 0 Å². The topological polar surface area (TPSA) is 56.5 Å². The van der Waals surface area contributed by atoms with E-state index in [0.29, 0.717) is 24.1 Å². The third kappa shape index (κ3) is 3.16. The number of ether oxygens (including phenoxy) is 1. The smallest absolute Gasteiger partial charge is 0.351 e. The minimum absolute atomic E-state index is 0.0135. The Morgan fingerprint density at radius 3 is 2.88 bits per heavy atom. The molecule has 0 spiro atoms. The highest BCUT2D eigenvalue weighted by Gasteiger charge is 2.43. The number of piperidine rings is 2. The summed E-state index contributed by atoms with van der Waals surface area (Å²) in [5, 5.41) is 0.730. The molecule has 4 rings (SSSR count). The zero-order chi connectivity index (χ0) is 18.1. The van der Waals surface area contributed by atoms with Gasteiger partial charge in [0.25, 0.3) is 0 Å². The van der Waals surface area contributed by atoms with Gasteiger partial charge < -0.3 is 13.6 Å². The number of nitrogens with zero attached hydrogens (tertiary/aromatic N) is 1. The third-order valence-corrected chi connectivity index (χ3v) is 6.30. The molecule has 0 aliphatic carbocycles. The van der Waals surface area contributed by atoms with Crippen molar-refractivity contribution in [3.05, 3.63) is 46.3 Å². The molecule has 2 aromatic rings. The molecule has 0 amide bonds. The molecule has 5 heteroatoms. The van der Waals surface area contributed by atoms with E-state index in [4.69, 9.17) is 9.15 Å². The molecule has 2 aliphatic rings. The Morgan fingerprint density at radius 1 is 1.19 bits per heavy atom. The molecule has 2 aliphatic heterocycles. The Morgan fingerprint density at radius 2 is 2.00 bits per heavy atom. The number of hydrogen-bond acceptors (Lipinski definition) is 4. The molecule has 2 fully saturated rings. The van der Waals surface area contributed by atoms with Crippen LogP contribution >= 0.6 is 0 Å². The summed E-state index contributed by atoms with van der Waals surface area (Å²) in [5.41, 5.74) is -0.160. The van der Waals surface area contributed by atoms with E-state index in [-0.39, 0.29) is 5.56 Å². The summed E-state index contributed by atoms with van der Waals surface area (Å²) in [4.78, 5) is 24.6. The average Bonchev–Trinajstić information content (AvgIpc) is 2.64. The molecule has 3 heterocycles. The van der Waals surface area contributed by atoms with Gasteiger partial charge in [-0.05, 0) is 37.8 Å². The molecule has 0 saturated carbocycles. The van der Waals surface area contributed by atoms with Crippen LogP contribution < -0.4 is 5.63 Å². The fraction of sp³-hybridized carbons (Fsp3) is 0.524. The van der Waals surface area contributed by atoms with Crippen LogP contribution in [-0.2, 0) is 4.74 Å². The van der Waals surface area contributed by atoms with Crippen LogP contribution in [0.15, 0.2) is 39.5 Å². The van der Waals surface area contributed by atoms with E-state index in [9.17, 15) is 9.59 Å². The maximum atomic E-state index is 12.5. The summed E-state index contributed by atoms with van der Waals surface area (Å²) in [6.07, 6.45) is 6.02. The van der Waals surface area contributed by atoms with Crippen LogP contribution in [0.2, 0.25) is 0 Å². The van der Waals surface area contributed by atoms with E-state index in [2.05, 4.69) is 7.05 Å². The molecule has 2 saturated heterocycles. The summed E-state index contributed by atoms with van der Waals surface area (Å²) in [6, 6.07) is 9.33. The number of para-hydroxylation sites is 1. The van der Waals surface area contributed by atoms with Crippen LogP contribution in [0.4, 0.5) is 0 Å². The number of hydrogen-bond donors (Lipinski definition) is 0. The van der Waals surface area contributed by atoms with Gasteiger partial charge in [0.2, 0.25) is 0 Å². The molecule has 3 atom stereocenters. The maximum Gasteiger partial charge on any atom is 0.351 e. The van der Waals surface area contributed by atoms with E-state index in [1.165, 1.54) is 38.8 Å². The normalized spacial score (nSPS) is 28.5. The molecule has 1 aromatic carbocycles. The van der Waals surface area contributed by atoms with Crippen LogP contribution in [0.3, 0.4) is 0 Å². The molecule has 0 N–H and O–H groups in total. The predicted octanol–water partition coefficient (Wildman–Crippen LogP) is 3.36. The van der Waals surface area contributed by atoms with Gasteiger partial charge in [-0.15, -0.1) is 0 Å². The van der Waals surface area contributed by atoms with E-state index in [1.54, 1.807) is 18.2 Å². The Bertz CT molecular complexity index is 870. The highest BCUT2D eigenvalue weighted by atomic mass is 16.5. The molecule has 0 unspecified atom stereocenters. The van der Waals surface area contributed by atoms with Crippen LogP contribution in [0, 0.1) is 5.92 Å². The number of esters is 1. The molecule has 0 bridgehead atoms. The lowest BCUT2D eigenvalue weighted by atomic mass is 9.82. The first-order chi connectivity index (χ1) is 12.6. The van der Waals surface area contributed by atoms with Crippen molar-refractivity contribution in [1.82, 2.24) is 0 Å². The first kappa shape index (κ1) is 17.3. The van der Waals surface area contributed by atoms with Crippen molar-refractivity contribution in [2.75, 3.05) is 26.7 Å². The Labute approximate surface area is 153 Å². The fourth-order valence-electron chi connectivity index (χ4n) is 4.89. The molecule has 26 heavy (non-hydrogen) atoms. The van der Waals surface area contributed by atoms with E-state index >= 15 is 0 Å². The van der Waals surface area contributed by atoms with Gasteiger partial charge in [-0.2, -0.15) is 0 Å².